The van der Waals surface area contributed by atoms with Crippen molar-refractivity contribution in [3.05, 3.63) is 0 Å². The van der Waals surface area contributed by atoms with E-state index in [-0.39, 0.29) is 18.6 Å². The van der Waals surface area contributed by atoms with Crippen LogP contribution in [0.15, 0.2) is 0 Å². The molecule has 1 fully saturated rings. The molecule has 16 heavy (non-hydrogen) atoms. The maximum absolute atomic E-state index is 11.9. The molecule has 1 N–H and O–H groups in total. The Kier molecular flexibility index (Phi) is 4.32. The highest BCUT2D eigenvalue weighted by molar-refractivity contribution is 9.10. The zero-order valence-electron chi connectivity index (χ0n) is 9.51. The van der Waals surface area contributed by atoms with Gasteiger partial charge in [0.15, 0.2) is 0 Å². The fourth-order valence-electron chi connectivity index (χ4n) is 1.52. The summed E-state index contributed by atoms with van der Waals surface area (Å²) in [6, 6.07) is -0.251. The van der Waals surface area contributed by atoms with E-state index in [0.717, 1.165) is 4.90 Å². The van der Waals surface area contributed by atoms with Crippen LogP contribution in [0, 0.1) is 5.92 Å². The molecule has 0 aromatic carbocycles. The molecule has 6 heteroatoms. The molecular weight excluding hydrogens is 278 g/mol. The van der Waals surface area contributed by atoms with E-state index in [1.807, 2.05) is 13.8 Å². The molecule has 1 heterocycles. The number of ether oxygens (including phenoxy) is 1. The molecule has 0 bridgehead atoms. The zero-order chi connectivity index (χ0) is 12.5. The molecule has 3 atom stereocenters. The summed E-state index contributed by atoms with van der Waals surface area (Å²) in [6.45, 7) is 5.54. The molecule has 1 saturated heterocycles. The molecule has 1 rings (SSSR count). The molecule has 0 aliphatic carbocycles. The van der Waals surface area contributed by atoms with Gasteiger partial charge in [-0.1, -0.05) is 29.8 Å². The Morgan fingerprint density at radius 1 is 1.56 bits per heavy atom. The smallest absolute Gasteiger partial charge is 0.417 e. The second-order valence-corrected chi connectivity index (χ2v) is 5.23. The third-order valence-corrected chi connectivity index (χ3v) is 3.73. The van der Waals surface area contributed by atoms with Gasteiger partial charge >= 0.3 is 6.09 Å². The molecule has 1 aliphatic heterocycles. The summed E-state index contributed by atoms with van der Waals surface area (Å²) in [4.78, 5) is 23.7. The van der Waals surface area contributed by atoms with E-state index in [2.05, 4.69) is 15.9 Å². The van der Waals surface area contributed by atoms with Crippen LogP contribution in [-0.2, 0) is 9.53 Å². The van der Waals surface area contributed by atoms with Gasteiger partial charge < -0.3 is 9.84 Å². The number of carbonyl (C=O) groups is 2. The summed E-state index contributed by atoms with van der Waals surface area (Å²) in [5.41, 5.74) is 0. The molecule has 0 aromatic heterocycles. The van der Waals surface area contributed by atoms with Crippen LogP contribution in [0.25, 0.3) is 0 Å². The first-order chi connectivity index (χ1) is 7.36. The number of rotatable bonds is 3. The van der Waals surface area contributed by atoms with Crippen molar-refractivity contribution in [3.8, 4) is 0 Å². The minimum atomic E-state index is -0.853. The first-order valence-corrected chi connectivity index (χ1v) is 6.09. The van der Waals surface area contributed by atoms with Crippen molar-refractivity contribution in [2.45, 2.75) is 37.7 Å². The third-order valence-electron chi connectivity index (χ3n) is 2.57. The Morgan fingerprint density at radius 3 is 2.56 bits per heavy atom. The lowest BCUT2D eigenvalue weighted by Gasteiger charge is -2.25. The maximum Gasteiger partial charge on any atom is 0.417 e. The van der Waals surface area contributed by atoms with E-state index in [0.29, 0.717) is 0 Å². The number of amides is 2. The van der Waals surface area contributed by atoms with E-state index in [1.165, 1.54) is 6.92 Å². The summed E-state index contributed by atoms with van der Waals surface area (Å²) in [5.74, 6) is -0.319. The lowest BCUT2D eigenvalue weighted by atomic mass is 10.0. The minimum Gasteiger partial charge on any atom is -0.447 e. The highest BCUT2D eigenvalue weighted by Crippen LogP contribution is 2.23. The number of imide groups is 1. The fourth-order valence-corrected chi connectivity index (χ4v) is 1.74. The van der Waals surface area contributed by atoms with Crippen molar-refractivity contribution in [1.29, 1.82) is 0 Å². The molecule has 0 aromatic rings. The van der Waals surface area contributed by atoms with Gasteiger partial charge in [-0.05, 0) is 12.8 Å². The highest BCUT2D eigenvalue weighted by atomic mass is 79.9. The number of carbonyl (C=O) groups excluding carboxylic acids is 2. The van der Waals surface area contributed by atoms with Crippen molar-refractivity contribution in [1.82, 2.24) is 4.90 Å². The zero-order valence-corrected chi connectivity index (χ0v) is 11.1. The molecule has 0 spiro atoms. The summed E-state index contributed by atoms with van der Waals surface area (Å²) in [7, 11) is 0. The predicted octanol–water partition coefficient (Wildman–Crippen LogP) is 1.13. The van der Waals surface area contributed by atoms with Crippen LogP contribution in [0.1, 0.15) is 20.8 Å². The normalized spacial score (nSPS) is 24.5. The predicted molar refractivity (Wildman–Crippen MR) is 61.2 cm³/mol. The van der Waals surface area contributed by atoms with Crippen LogP contribution in [0.5, 0.6) is 0 Å². The Bertz CT molecular complexity index is 293. The van der Waals surface area contributed by atoms with Gasteiger partial charge in [0.05, 0.1) is 12.1 Å². The Labute approximate surface area is 103 Å². The molecule has 1 aliphatic rings. The number of nitrogens with zero attached hydrogens (tertiary/aromatic N) is 1. The highest BCUT2D eigenvalue weighted by Gasteiger charge is 2.42. The van der Waals surface area contributed by atoms with Gasteiger partial charge in [0.25, 0.3) is 0 Å². The van der Waals surface area contributed by atoms with Gasteiger partial charge in [-0.2, -0.15) is 0 Å². The van der Waals surface area contributed by atoms with Crippen molar-refractivity contribution < 1.29 is 19.4 Å². The number of cyclic esters (lactones) is 1. The Hall–Kier alpha value is -0.620. The molecule has 92 valence electrons. The number of alkyl halides is 1. The van der Waals surface area contributed by atoms with Gasteiger partial charge in [0, 0.05) is 0 Å². The van der Waals surface area contributed by atoms with Crippen molar-refractivity contribution in [2.75, 3.05) is 6.61 Å². The second-order valence-electron chi connectivity index (χ2n) is 4.24. The van der Waals surface area contributed by atoms with E-state index in [9.17, 15) is 14.7 Å². The standard InChI is InChI=1S/C10H16BrNO4/c1-5(2)7-4-16-10(15)12(7)9(14)8(11)6(3)13/h5-8,13H,4H2,1-3H3/t6-,7+,8-/m0/s1. The SMILES string of the molecule is CC(C)[C@H]1COC(=O)N1C(=O)[C@@H](Br)[C@H](C)O. The van der Waals surface area contributed by atoms with Crippen molar-refractivity contribution in [2.24, 2.45) is 5.92 Å². The Balaban J connectivity index is 2.83. The summed E-state index contributed by atoms with van der Waals surface area (Å²) < 4.78 is 4.85. The van der Waals surface area contributed by atoms with E-state index in [1.54, 1.807) is 0 Å². The average molecular weight is 294 g/mol. The lowest BCUT2D eigenvalue weighted by molar-refractivity contribution is -0.130. The maximum atomic E-state index is 11.9. The van der Waals surface area contributed by atoms with Crippen LogP contribution in [0.3, 0.4) is 0 Å². The monoisotopic (exact) mass is 293 g/mol. The molecule has 0 saturated carbocycles. The fraction of sp³-hybridized carbons (Fsp3) is 0.800. The van der Waals surface area contributed by atoms with Crippen molar-refractivity contribution >= 4 is 27.9 Å². The van der Waals surface area contributed by atoms with Gasteiger partial charge in [0.1, 0.15) is 11.4 Å². The van der Waals surface area contributed by atoms with E-state index < -0.39 is 22.9 Å². The lowest BCUT2D eigenvalue weighted by Crippen LogP contribution is -2.47. The van der Waals surface area contributed by atoms with E-state index >= 15 is 0 Å². The topological polar surface area (TPSA) is 66.8 Å². The summed E-state index contributed by atoms with van der Waals surface area (Å²) >= 11 is 3.07. The number of halogens is 1. The van der Waals surface area contributed by atoms with Crippen LogP contribution in [-0.4, -0.2) is 45.6 Å². The van der Waals surface area contributed by atoms with Crippen LogP contribution in [0.4, 0.5) is 4.79 Å². The largest absolute Gasteiger partial charge is 0.447 e. The van der Waals surface area contributed by atoms with Gasteiger partial charge in [-0.25, -0.2) is 9.69 Å². The van der Waals surface area contributed by atoms with Gasteiger partial charge in [0.2, 0.25) is 5.91 Å². The first kappa shape index (κ1) is 13.4. The molecule has 0 unspecified atom stereocenters. The number of aliphatic hydroxyl groups is 1. The third kappa shape index (κ3) is 2.55. The Morgan fingerprint density at radius 2 is 2.12 bits per heavy atom. The molecule has 0 radical (unpaired) electrons. The van der Waals surface area contributed by atoms with Gasteiger partial charge in [-0.3, -0.25) is 4.79 Å². The quantitative estimate of drug-likeness (QED) is 0.793. The average Bonchev–Trinajstić information content (AvgIpc) is 2.57. The van der Waals surface area contributed by atoms with Crippen molar-refractivity contribution in [3.63, 3.8) is 0 Å². The first-order valence-electron chi connectivity index (χ1n) is 5.18. The van der Waals surface area contributed by atoms with Gasteiger partial charge in [-0.15, -0.1) is 0 Å². The van der Waals surface area contributed by atoms with Crippen LogP contribution in [0.2, 0.25) is 0 Å². The molecule has 5 nitrogen and oxygen atoms in total. The summed E-state index contributed by atoms with van der Waals surface area (Å²) in [5, 5.41) is 9.32. The van der Waals surface area contributed by atoms with E-state index in [4.69, 9.17) is 4.74 Å². The summed E-state index contributed by atoms with van der Waals surface area (Å²) in [6.07, 6.45) is -1.48. The number of aliphatic hydroxyl groups excluding tert-OH is 1. The number of hydrogen-bond acceptors (Lipinski definition) is 4. The van der Waals surface area contributed by atoms with Crippen LogP contribution < -0.4 is 0 Å². The molecule has 2 amide bonds. The number of hydrogen-bond donors (Lipinski definition) is 1. The minimum absolute atomic E-state index is 0.129. The molecular formula is C10H16BrNO4. The second kappa shape index (κ2) is 5.14. The van der Waals surface area contributed by atoms with Crippen LogP contribution >= 0.6 is 15.9 Å².